The molecule has 0 rings (SSSR count). The fraction of sp³-hybridized carbons (Fsp3) is 0.933. The van der Waals surface area contributed by atoms with E-state index in [4.69, 9.17) is 0 Å². The Morgan fingerprint density at radius 2 is 1.24 bits per heavy atom. The summed E-state index contributed by atoms with van der Waals surface area (Å²) in [7, 11) is 0. The lowest BCUT2D eigenvalue weighted by atomic mass is 9.72. The van der Waals surface area contributed by atoms with Crippen LogP contribution in [0, 0.1) is 5.41 Å². The van der Waals surface area contributed by atoms with Crippen LogP contribution in [0.2, 0.25) is 0 Å². The third-order valence-corrected chi connectivity index (χ3v) is 3.87. The van der Waals surface area contributed by atoms with E-state index in [-0.39, 0.29) is 10.5 Å². The van der Waals surface area contributed by atoms with E-state index in [2.05, 4.69) is 33.4 Å². The molecule has 0 N–H and O–H groups in total. The van der Waals surface area contributed by atoms with Crippen LogP contribution in [0.25, 0.3) is 0 Å². The van der Waals surface area contributed by atoms with E-state index in [0.717, 1.165) is 0 Å². The van der Waals surface area contributed by atoms with E-state index >= 15 is 0 Å². The SMILES string of the molecule is CCCCC(CCCC)(CCCC)CC(=O)S. The Morgan fingerprint density at radius 3 is 1.47 bits per heavy atom. The zero-order valence-electron chi connectivity index (χ0n) is 11.9. The summed E-state index contributed by atoms with van der Waals surface area (Å²) in [5.41, 5.74) is 0.251. The second-order valence-corrected chi connectivity index (χ2v) is 5.88. The summed E-state index contributed by atoms with van der Waals surface area (Å²) in [4.78, 5) is 11.4. The minimum absolute atomic E-state index is 0.0771. The first-order chi connectivity index (χ1) is 8.10. The van der Waals surface area contributed by atoms with E-state index in [0.29, 0.717) is 6.42 Å². The highest BCUT2D eigenvalue weighted by Crippen LogP contribution is 2.40. The standard InChI is InChI=1S/C15H30OS/c1-4-7-10-15(11-8-5-2,12-9-6-3)13-14(16)17/h4-13H2,1-3H3,(H,16,17). The van der Waals surface area contributed by atoms with Crippen molar-refractivity contribution in [2.45, 2.75) is 85.0 Å². The first kappa shape index (κ1) is 17.0. The van der Waals surface area contributed by atoms with Gasteiger partial charge < -0.3 is 0 Å². The number of hydrogen-bond donors (Lipinski definition) is 1. The maximum atomic E-state index is 11.4. The summed E-state index contributed by atoms with van der Waals surface area (Å²) in [6, 6.07) is 0. The molecule has 0 aliphatic carbocycles. The second-order valence-electron chi connectivity index (χ2n) is 5.38. The van der Waals surface area contributed by atoms with Gasteiger partial charge in [-0.3, -0.25) is 4.79 Å². The van der Waals surface area contributed by atoms with Crippen molar-refractivity contribution in [1.82, 2.24) is 0 Å². The van der Waals surface area contributed by atoms with Gasteiger partial charge >= 0.3 is 0 Å². The van der Waals surface area contributed by atoms with E-state index < -0.39 is 0 Å². The van der Waals surface area contributed by atoms with Gasteiger partial charge in [-0.25, -0.2) is 0 Å². The second kappa shape index (κ2) is 9.99. The highest BCUT2D eigenvalue weighted by atomic mass is 32.1. The van der Waals surface area contributed by atoms with Crippen molar-refractivity contribution in [1.29, 1.82) is 0 Å². The fourth-order valence-electron chi connectivity index (χ4n) is 2.62. The molecular weight excluding hydrogens is 228 g/mol. The smallest absolute Gasteiger partial charge is 0.186 e. The number of thiol groups is 1. The summed E-state index contributed by atoms with van der Waals surface area (Å²) in [6.07, 6.45) is 11.7. The van der Waals surface area contributed by atoms with Crippen LogP contribution in [0.1, 0.15) is 85.0 Å². The molecule has 0 unspecified atom stereocenters. The first-order valence-corrected chi connectivity index (χ1v) is 7.76. The van der Waals surface area contributed by atoms with Crippen LogP contribution in [-0.2, 0) is 4.79 Å². The van der Waals surface area contributed by atoms with Crippen LogP contribution in [0.15, 0.2) is 0 Å². The van der Waals surface area contributed by atoms with E-state index in [1.165, 1.54) is 57.8 Å². The van der Waals surface area contributed by atoms with Gasteiger partial charge in [-0.05, 0) is 24.7 Å². The van der Waals surface area contributed by atoms with Crippen LogP contribution in [0.4, 0.5) is 0 Å². The Hall–Kier alpha value is 0.0200. The van der Waals surface area contributed by atoms with Crippen molar-refractivity contribution < 1.29 is 4.79 Å². The average Bonchev–Trinajstić information content (AvgIpc) is 2.30. The Bertz CT molecular complexity index is 179. The Morgan fingerprint density at radius 1 is 0.882 bits per heavy atom. The zero-order chi connectivity index (χ0) is 13.1. The zero-order valence-corrected chi connectivity index (χ0v) is 12.8. The highest BCUT2D eigenvalue weighted by molar-refractivity contribution is 7.96. The number of hydrogen-bond acceptors (Lipinski definition) is 1. The molecule has 0 spiro atoms. The first-order valence-electron chi connectivity index (χ1n) is 7.32. The number of carbonyl (C=O) groups is 1. The van der Waals surface area contributed by atoms with Gasteiger partial charge in [0.25, 0.3) is 0 Å². The topological polar surface area (TPSA) is 17.1 Å². The van der Waals surface area contributed by atoms with Crippen LogP contribution < -0.4 is 0 Å². The third-order valence-electron chi connectivity index (χ3n) is 3.71. The molecule has 0 bridgehead atoms. The molecule has 0 aliphatic rings. The maximum Gasteiger partial charge on any atom is 0.186 e. The van der Waals surface area contributed by atoms with Crippen LogP contribution in [0.5, 0.6) is 0 Å². The average molecular weight is 258 g/mol. The molecule has 0 fully saturated rings. The maximum absolute atomic E-state index is 11.4. The van der Waals surface area contributed by atoms with Crippen LogP contribution in [-0.4, -0.2) is 5.12 Å². The number of unbranched alkanes of at least 4 members (excludes halogenated alkanes) is 3. The molecular formula is C15H30OS. The van der Waals surface area contributed by atoms with E-state index in [1.54, 1.807) is 0 Å². The van der Waals surface area contributed by atoms with Crippen molar-refractivity contribution in [2.24, 2.45) is 5.41 Å². The normalized spacial score (nSPS) is 11.8. The lowest BCUT2D eigenvalue weighted by molar-refractivity contribution is -0.113. The van der Waals surface area contributed by atoms with E-state index in [1.807, 2.05) is 0 Å². The largest absolute Gasteiger partial charge is 0.287 e. The van der Waals surface area contributed by atoms with Crippen molar-refractivity contribution in [2.75, 3.05) is 0 Å². The van der Waals surface area contributed by atoms with Gasteiger partial charge in [0.05, 0.1) is 0 Å². The Kier molecular flexibility index (Phi) is 10.0. The molecule has 0 radical (unpaired) electrons. The molecule has 0 saturated heterocycles. The van der Waals surface area contributed by atoms with Gasteiger partial charge in [-0.2, -0.15) is 0 Å². The van der Waals surface area contributed by atoms with Crippen molar-refractivity contribution in [3.63, 3.8) is 0 Å². The molecule has 0 saturated carbocycles. The summed E-state index contributed by atoms with van der Waals surface area (Å²) < 4.78 is 0. The summed E-state index contributed by atoms with van der Waals surface area (Å²) in [5, 5.41) is 0.0771. The molecule has 17 heavy (non-hydrogen) atoms. The third kappa shape index (κ3) is 7.86. The summed E-state index contributed by atoms with van der Waals surface area (Å²) >= 11 is 4.02. The molecule has 0 atom stereocenters. The van der Waals surface area contributed by atoms with Gasteiger partial charge in [0.2, 0.25) is 0 Å². The van der Waals surface area contributed by atoms with Crippen molar-refractivity contribution >= 4 is 17.7 Å². The van der Waals surface area contributed by atoms with Crippen LogP contribution in [0.3, 0.4) is 0 Å². The molecule has 0 aromatic rings. The lowest BCUT2D eigenvalue weighted by Crippen LogP contribution is -2.23. The predicted octanol–water partition coefficient (Wildman–Crippen LogP) is 5.39. The Balaban J connectivity index is 4.56. The highest BCUT2D eigenvalue weighted by Gasteiger charge is 2.29. The molecule has 0 aliphatic heterocycles. The molecule has 0 heterocycles. The van der Waals surface area contributed by atoms with Gasteiger partial charge in [0, 0.05) is 6.42 Å². The summed E-state index contributed by atoms with van der Waals surface area (Å²) in [6.45, 7) is 6.69. The lowest BCUT2D eigenvalue weighted by Gasteiger charge is -2.33. The van der Waals surface area contributed by atoms with Gasteiger partial charge in [-0.15, -0.1) is 12.6 Å². The molecule has 102 valence electrons. The quantitative estimate of drug-likeness (QED) is 0.492. The summed E-state index contributed by atoms with van der Waals surface area (Å²) in [5.74, 6) is 0. The van der Waals surface area contributed by atoms with Crippen molar-refractivity contribution in [3.05, 3.63) is 0 Å². The molecule has 0 aromatic carbocycles. The van der Waals surface area contributed by atoms with Crippen LogP contribution >= 0.6 is 12.6 Å². The van der Waals surface area contributed by atoms with Crippen molar-refractivity contribution in [3.8, 4) is 0 Å². The Labute approximate surface area is 113 Å². The minimum Gasteiger partial charge on any atom is -0.287 e. The number of rotatable bonds is 11. The molecule has 2 heteroatoms. The van der Waals surface area contributed by atoms with Gasteiger partial charge in [0.15, 0.2) is 5.12 Å². The van der Waals surface area contributed by atoms with E-state index in [9.17, 15) is 4.79 Å². The van der Waals surface area contributed by atoms with Gasteiger partial charge in [0.1, 0.15) is 0 Å². The minimum atomic E-state index is 0.0771. The van der Waals surface area contributed by atoms with Gasteiger partial charge in [-0.1, -0.05) is 59.3 Å². The molecule has 0 amide bonds. The monoisotopic (exact) mass is 258 g/mol. The predicted molar refractivity (Wildman–Crippen MR) is 79.6 cm³/mol. The number of carbonyl (C=O) groups excluding carboxylic acids is 1. The molecule has 0 aromatic heterocycles. The fourth-order valence-corrected chi connectivity index (χ4v) is 2.95. The molecule has 1 nitrogen and oxygen atoms in total.